The summed E-state index contributed by atoms with van der Waals surface area (Å²) in [6, 6.07) is 8.06. The monoisotopic (exact) mass is 511 g/mol. The number of hydrogen-bond donors (Lipinski definition) is 2. The topological polar surface area (TPSA) is 54.9 Å². The van der Waals surface area contributed by atoms with Gasteiger partial charge in [-0.25, -0.2) is 0 Å². The van der Waals surface area contributed by atoms with Gasteiger partial charge in [-0.2, -0.15) is 0 Å². The van der Waals surface area contributed by atoms with E-state index >= 15 is 0 Å². The summed E-state index contributed by atoms with van der Waals surface area (Å²) in [5.74, 6) is 0.837. The summed E-state index contributed by atoms with van der Waals surface area (Å²) < 4.78 is 10.4. The standard InChI is InChI=1S/C20H34ClN3O2.HI/c1-20(2,15-17-8-7-9-18(21)14-17)16-24-19(22-3)23-10-5-6-11-26-13-12-25-4;/h7-9,14H,5-6,10-13,15-16H2,1-4H3,(H2,22,23,24);1H. The summed E-state index contributed by atoms with van der Waals surface area (Å²) in [5.41, 5.74) is 1.35. The summed E-state index contributed by atoms with van der Waals surface area (Å²) in [6.07, 6.45) is 3.02. The molecule has 0 atom stereocenters. The van der Waals surface area contributed by atoms with Gasteiger partial charge in [0, 0.05) is 38.9 Å². The zero-order valence-corrected chi connectivity index (χ0v) is 20.1. The molecule has 0 aliphatic rings. The molecule has 0 saturated heterocycles. The Kier molecular flexibility index (Phi) is 15.0. The third kappa shape index (κ3) is 13.3. The van der Waals surface area contributed by atoms with Gasteiger partial charge in [0.1, 0.15) is 0 Å². The first-order valence-electron chi connectivity index (χ1n) is 9.22. The number of hydrogen-bond acceptors (Lipinski definition) is 3. The number of nitrogens with zero attached hydrogens (tertiary/aromatic N) is 1. The molecule has 27 heavy (non-hydrogen) atoms. The second-order valence-corrected chi connectivity index (χ2v) is 7.57. The molecule has 0 fully saturated rings. The van der Waals surface area contributed by atoms with Crippen molar-refractivity contribution in [1.82, 2.24) is 10.6 Å². The Balaban J connectivity index is 0.00000676. The first kappa shape index (κ1) is 26.4. The third-order valence-electron chi connectivity index (χ3n) is 3.97. The Bertz CT molecular complexity index is 542. The van der Waals surface area contributed by atoms with Crippen molar-refractivity contribution in [3.63, 3.8) is 0 Å². The molecule has 0 radical (unpaired) electrons. The van der Waals surface area contributed by atoms with E-state index in [0.717, 1.165) is 49.9 Å². The predicted molar refractivity (Wildman–Crippen MR) is 126 cm³/mol. The lowest BCUT2D eigenvalue weighted by Gasteiger charge is -2.26. The van der Waals surface area contributed by atoms with E-state index in [1.165, 1.54) is 5.56 Å². The van der Waals surface area contributed by atoms with Crippen molar-refractivity contribution in [3.8, 4) is 0 Å². The highest BCUT2D eigenvalue weighted by molar-refractivity contribution is 14.0. The SMILES string of the molecule is CN=C(NCCCCOCCOC)NCC(C)(C)Cc1cccc(Cl)c1.I. The van der Waals surface area contributed by atoms with E-state index in [9.17, 15) is 0 Å². The molecule has 2 N–H and O–H groups in total. The number of methoxy groups -OCH3 is 1. The van der Waals surface area contributed by atoms with Gasteiger partial charge in [0.05, 0.1) is 13.2 Å². The van der Waals surface area contributed by atoms with Crippen LogP contribution in [0.5, 0.6) is 0 Å². The van der Waals surface area contributed by atoms with Crippen LogP contribution in [0.1, 0.15) is 32.3 Å². The minimum absolute atomic E-state index is 0. The normalized spacial score (nSPS) is 11.8. The highest BCUT2D eigenvalue weighted by Crippen LogP contribution is 2.22. The van der Waals surface area contributed by atoms with E-state index in [1.807, 2.05) is 18.2 Å². The summed E-state index contributed by atoms with van der Waals surface area (Å²) in [7, 11) is 3.48. The van der Waals surface area contributed by atoms with Crippen LogP contribution < -0.4 is 10.6 Å². The Morgan fingerprint density at radius 3 is 2.59 bits per heavy atom. The van der Waals surface area contributed by atoms with Crippen molar-refractivity contribution in [2.75, 3.05) is 47.1 Å². The molecule has 0 saturated carbocycles. The second-order valence-electron chi connectivity index (χ2n) is 7.14. The van der Waals surface area contributed by atoms with Crippen molar-refractivity contribution in [1.29, 1.82) is 0 Å². The summed E-state index contributed by atoms with van der Waals surface area (Å²) >= 11 is 6.08. The van der Waals surface area contributed by atoms with Crippen LogP contribution in [0, 0.1) is 5.41 Å². The number of rotatable bonds is 12. The lowest BCUT2D eigenvalue weighted by Crippen LogP contribution is -2.43. The van der Waals surface area contributed by atoms with Crippen molar-refractivity contribution in [2.45, 2.75) is 33.1 Å². The molecule has 156 valence electrons. The number of unbranched alkanes of at least 4 members (excludes halogenated alkanes) is 1. The molecule has 7 heteroatoms. The first-order chi connectivity index (χ1) is 12.5. The molecule has 0 aliphatic heterocycles. The maximum absolute atomic E-state index is 6.08. The third-order valence-corrected chi connectivity index (χ3v) is 4.20. The molecular weight excluding hydrogens is 477 g/mol. The van der Waals surface area contributed by atoms with Crippen LogP contribution in [-0.4, -0.2) is 53.0 Å². The van der Waals surface area contributed by atoms with E-state index in [-0.39, 0.29) is 29.4 Å². The number of ether oxygens (including phenoxy) is 2. The zero-order chi connectivity index (χ0) is 19.3. The van der Waals surface area contributed by atoms with E-state index in [0.29, 0.717) is 13.2 Å². The molecule has 0 unspecified atom stereocenters. The van der Waals surface area contributed by atoms with E-state index in [1.54, 1.807) is 14.2 Å². The van der Waals surface area contributed by atoms with E-state index < -0.39 is 0 Å². The summed E-state index contributed by atoms with van der Waals surface area (Å²) in [6.45, 7) is 8.27. The average Bonchev–Trinajstić information content (AvgIpc) is 2.59. The summed E-state index contributed by atoms with van der Waals surface area (Å²) in [4.78, 5) is 4.30. The van der Waals surface area contributed by atoms with E-state index in [4.69, 9.17) is 21.1 Å². The van der Waals surface area contributed by atoms with Gasteiger partial charge in [0.25, 0.3) is 0 Å². The number of aliphatic imine (C=N–C) groups is 1. The molecule has 0 amide bonds. The van der Waals surface area contributed by atoms with Crippen LogP contribution in [-0.2, 0) is 15.9 Å². The molecule has 0 spiro atoms. The Labute approximate surface area is 186 Å². The fourth-order valence-electron chi connectivity index (χ4n) is 2.59. The molecule has 0 heterocycles. The molecule has 1 rings (SSSR count). The highest BCUT2D eigenvalue weighted by atomic mass is 127. The van der Waals surface area contributed by atoms with Crippen LogP contribution in [0.2, 0.25) is 5.02 Å². The van der Waals surface area contributed by atoms with Crippen molar-refractivity contribution in [3.05, 3.63) is 34.9 Å². The van der Waals surface area contributed by atoms with Crippen LogP contribution in [0.3, 0.4) is 0 Å². The van der Waals surface area contributed by atoms with Crippen LogP contribution in [0.15, 0.2) is 29.3 Å². The smallest absolute Gasteiger partial charge is 0.190 e. The van der Waals surface area contributed by atoms with Gasteiger partial charge in [0.2, 0.25) is 0 Å². The van der Waals surface area contributed by atoms with Gasteiger partial charge in [-0.15, -0.1) is 24.0 Å². The molecular formula is C20H35ClIN3O2. The average molecular weight is 512 g/mol. The predicted octanol–water partition coefficient (Wildman–Crippen LogP) is 4.13. The number of halogens is 2. The fourth-order valence-corrected chi connectivity index (χ4v) is 2.80. The molecule has 1 aromatic rings. The molecule has 5 nitrogen and oxygen atoms in total. The largest absolute Gasteiger partial charge is 0.382 e. The highest BCUT2D eigenvalue weighted by Gasteiger charge is 2.19. The van der Waals surface area contributed by atoms with Crippen molar-refractivity contribution >= 4 is 41.5 Å². The van der Waals surface area contributed by atoms with Gasteiger partial charge in [0.15, 0.2) is 5.96 Å². The zero-order valence-electron chi connectivity index (χ0n) is 17.0. The van der Waals surface area contributed by atoms with Crippen LogP contribution >= 0.6 is 35.6 Å². The van der Waals surface area contributed by atoms with Crippen LogP contribution in [0.25, 0.3) is 0 Å². The van der Waals surface area contributed by atoms with Crippen molar-refractivity contribution < 1.29 is 9.47 Å². The molecule has 0 aromatic heterocycles. The van der Waals surface area contributed by atoms with E-state index in [2.05, 4.69) is 35.5 Å². The molecule has 0 aliphatic carbocycles. The number of nitrogens with one attached hydrogen (secondary N) is 2. The maximum atomic E-state index is 6.08. The van der Waals surface area contributed by atoms with Gasteiger partial charge in [-0.1, -0.05) is 37.6 Å². The Morgan fingerprint density at radius 2 is 1.93 bits per heavy atom. The minimum Gasteiger partial charge on any atom is -0.382 e. The number of benzene rings is 1. The Morgan fingerprint density at radius 1 is 1.15 bits per heavy atom. The molecule has 1 aromatic carbocycles. The lowest BCUT2D eigenvalue weighted by molar-refractivity contribution is 0.0689. The van der Waals surface area contributed by atoms with Gasteiger partial charge in [-0.05, 0) is 42.4 Å². The van der Waals surface area contributed by atoms with Gasteiger partial charge < -0.3 is 20.1 Å². The van der Waals surface area contributed by atoms with Crippen molar-refractivity contribution in [2.24, 2.45) is 10.4 Å². The lowest BCUT2D eigenvalue weighted by atomic mass is 9.86. The minimum atomic E-state index is 0. The molecule has 0 bridgehead atoms. The number of guanidine groups is 1. The van der Waals surface area contributed by atoms with Gasteiger partial charge in [-0.3, -0.25) is 4.99 Å². The summed E-state index contributed by atoms with van der Waals surface area (Å²) in [5, 5.41) is 7.56. The first-order valence-corrected chi connectivity index (χ1v) is 9.60. The maximum Gasteiger partial charge on any atom is 0.190 e. The Hall–Kier alpha value is -0.570. The quantitative estimate of drug-likeness (QED) is 0.192. The van der Waals surface area contributed by atoms with Gasteiger partial charge >= 0.3 is 0 Å². The van der Waals surface area contributed by atoms with Crippen LogP contribution in [0.4, 0.5) is 0 Å². The fraction of sp³-hybridized carbons (Fsp3) is 0.650. The second kappa shape index (κ2) is 15.4.